The standard InChI is InChI=1S/C13H18N4O2S/c14-6-1-2-7-15-11(18)3-4-12-16-13(17-19-12)10-5-8-20-9-10/h5,8-9H,1-4,6-7,14H2,(H,15,18). The third-order valence-electron chi connectivity index (χ3n) is 2.77. The van der Waals surface area contributed by atoms with Crippen molar-refractivity contribution >= 4 is 17.2 Å². The molecule has 0 fully saturated rings. The largest absolute Gasteiger partial charge is 0.356 e. The topological polar surface area (TPSA) is 94.0 Å². The van der Waals surface area contributed by atoms with E-state index < -0.39 is 0 Å². The first-order valence-corrected chi connectivity index (χ1v) is 7.56. The molecule has 3 N–H and O–H groups in total. The number of aromatic nitrogens is 2. The van der Waals surface area contributed by atoms with Gasteiger partial charge in [0.1, 0.15) is 0 Å². The van der Waals surface area contributed by atoms with Crippen LogP contribution in [0, 0.1) is 0 Å². The average Bonchev–Trinajstić information content (AvgIpc) is 3.11. The minimum absolute atomic E-state index is 0.00250. The maximum atomic E-state index is 11.6. The molecule has 108 valence electrons. The Hall–Kier alpha value is -1.73. The van der Waals surface area contributed by atoms with Gasteiger partial charge in [0.05, 0.1) is 0 Å². The van der Waals surface area contributed by atoms with E-state index >= 15 is 0 Å². The van der Waals surface area contributed by atoms with Crippen LogP contribution < -0.4 is 11.1 Å². The molecule has 2 rings (SSSR count). The molecule has 0 saturated heterocycles. The van der Waals surface area contributed by atoms with Crippen molar-refractivity contribution in [2.24, 2.45) is 5.73 Å². The minimum Gasteiger partial charge on any atom is -0.356 e. The third kappa shape index (κ3) is 4.43. The summed E-state index contributed by atoms with van der Waals surface area (Å²) in [7, 11) is 0. The second-order valence-corrected chi connectivity index (χ2v) is 5.15. The van der Waals surface area contributed by atoms with Crippen LogP contribution >= 0.6 is 11.3 Å². The van der Waals surface area contributed by atoms with E-state index in [1.807, 2.05) is 16.8 Å². The monoisotopic (exact) mass is 294 g/mol. The highest BCUT2D eigenvalue weighted by molar-refractivity contribution is 7.08. The average molecular weight is 294 g/mol. The lowest BCUT2D eigenvalue weighted by molar-refractivity contribution is -0.121. The van der Waals surface area contributed by atoms with E-state index in [0.29, 0.717) is 37.6 Å². The van der Waals surface area contributed by atoms with Crippen LogP contribution in [-0.2, 0) is 11.2 Å². The maximum absolute atomic E-state index is 11.6. The Morgan fingerprint density at radius 1 is 1.45 bits per heavy atom. The van der Waals surface area contributed by atoms with Crippen molar-refractivity contribution in [3.63, 3.8) is 0 Å². The summed E-state index contributed by atoms with van der Waals surface area (Å²) < 4.78 is 5.13. The number of amides is 1. The van der Waals surface area contributed by atoms with Crippen LogP contribution in [0.5, 0.6) is 0 Å². The number of nitrogens with zero attached hydrogens (tertiary/aromatic N) is 2. The van der Waals surface area contributed by atoms with Gasteiger partial charge in [-0.05, 0) is 30.8 Å². The molecule has 0 saturated carbocycles. The summed E-state index contributed by atoms with van der Waals surface area (Å²) in [5.74, 6) is 1.06. The molecule has 0 unspecified atom stereocenters. The molecule has 0 radical (unpaired) electrons. The molecule has 7 heteroatoms. The van der Waals surface area contributed by atoms with Gasteiger partial charge in [-0.3, -0.25) is 4.79 Å². The van der Waals surface area contributed by atoms with E-state index in [-0.39, 0.29) is 5.91 Å². The van der Waals surface area contributed by atoms with Crippen LogP contribution in [-0.4, -0.2) is 29.1 Å². The zero-order valence-electron chi connectivity index (χ0n) is 11.2. The number of carbonyl (C=O) groups is 1. The van der Waals surface area contributed by atoms with E-state index in [2.05, 4.69) is 15.5 Å². The first-order valence-electron chi connectivity index (χ1n) is 6.61. The fraction of sp³-hybridized carbons (Fsp3) is 0.462. The fourth-order valence-corrected chi connectivity index (χ4v) is 2.31. The molecular formula is C13H18N4O2S. The van der Waals surface area contributed by atoms with Crippen LogP contribution in [0.2, 0.25) is 0 Å². The summed E-state index contributed by atoms with van der Waals surface area (Å²) in [5.41, 5.74) is 6.32. The van der Waals surface area contributed by atoms with Gasteiger partial charge < -0.3 is 15.6 Å². The summed E-state index contributed by atoms with van der Waals surface area (Å²) in [4.78, 5) is 15.9. The van der Waals surface area contributed by atoms with Crippen LogP contribution in [0.3, 0.4) is 0 Å². The Morgan fingerprint density at radius 3 is 3.10 bits per heavy atom. The highest BCUT2D eigenvalue weighted by Crippen LogP contribution is 2.18. The summed E-state index contributed by atoms with van der Waals surface area (Å²) >= 11 is 1.58. The number of thiophene rings is 1. The lowest BCUT2D eigenvalue weighted by Crippen LogP contribution is -2.25. The molecule has 2 aromatic heterocycles. The molecule has 0 atom stereocenters. The van der Waals surface area contributed by atoms with Gasteiger partial charge in [0.2, 0.25) is 17.6 Å². The molecule has 2 heterocycles. The Bertz CT molecular complexity index is 524. The number of nitrogens with two attached hydrogens (primary N) is 1. The van der Waals surface area contributed by atoms with Gasteiger partial charge in [-0.2, -0.15) is 16.3 Å². The van der Waals surface area contributed by atoms with Gasteiger partial charge in [0.25, 0.3) is 0 Å². The van der Waals surface area contributed by atoms with Gasteiger partial charge in [0, 0.05) is 30.3 Å². The molecule has 0 aliphatic heterocycles. The molecule has 6 nitrogen and oxygen atoms in total. The van der Waals surface area contributed by atoms with E-state index in [0.717, 1.165) is 18.4 Å². The van der Waals surface area contributed by atoms with Gasteiger partial charge in [0.15, 0.2) is 0 Å². The molecule has 0 aliphatic rings. The number of unbranched alkanes of at least 4 members (excludes halogenated alkanes) is 1. The van der Waals surface area contributed by atoms with Crippen molar-refractivity contribution in [3.05, 3.63) is 22.7 Å². The van der Waals surface area contributed by atoms with E-state index in [9.17, 15) is 4.79 Å². The maximum Gasteiger partial charge on any atom is 0.227 e. The Labute approximate surface area is 121 Å². The van der Waals surface area contributed by atoms with Crippen molar-refractivity contribution in [2.75, 3.05) is 13.1 Å². The number of nitrogens with one attached hydrogen (secondary N) is 1. The van der Waals surface area contributed by atoms with Crippen LogP contribution in [0.1, 0.15) is 25.2 Å². The smallest absolute Gasteiger partial charge is 0.227 e. The molecular weight excluding hydrogens is 276 g/mol. The Kier molecular flexibility index (Phi) is 5.69. The van der Waals surface area contributed by atoms with Gasteiger partial charge >= 0.3 is 0 Å². The molecule has 20 heavy (non-hydrogen) atoms. The SMILES string of the molecule is NCCCCNC(=O)CCc1nc(-c2ccsc2)no1. The number of carbonyl (C=O) groups excluding carboxylic acids is 1. The van der Waals surface area contributed by atoms with E-state index in [1.54, 1.807) is 11.3 Å². The molecule has 2 aromatic rings. The second kappa shape index (κ2) is 7.76. The third-order valence-corrected chi connectivity index (χ3v) is 3.45. The molecule has 0 aliphatic carbocycles. The van der Waals surface area contributed by atoms with Crippen LogP contribution in [0.15, 0.2) is 21.3 Å². The summed E-state index contributed by atoms with van der Waals surface area (Å²) in [6.45, 7) is 1.32. The quantitative estimate of drug-likeness (QED) is 0.721. The zero-order chi connectivity index (χ0) is 14.2. The Morgan fingerprint density at radius 2 is 2.35 bits per heavy atom. The molecule has 0 bridgehead atoms. The van der Waals surface area contributed by atoms with Gasteiger partial charge in [-0.15, -0.1) is 0 Å². The van der Waals surface area contributed by atoms with Crippen LogP contribution in [0.4, 0.5) is 0 Å². The predicted molar refractivity (Wildman–Crippen MR) is 77.2 cm³/mol. The van der Waals surface area contributed by atoms with Crippen molar-refractivity contribution < 1.29 is 9.32 Å². The highest BCUT2D eigenvalue weighted by atomic mass is 32.1. The zero-order valence-corrected chi connectivity index (χ0v) is 12.0. The van der Waals surface area contributed by atoms with Crippen molar-refractivity contribution in [2.45, 2.75) is 25.7 Å². The van der Waals surface area contributed by atoms with Crippen molar-refractivity contribution in [3.8, 4) is 11.4 Å². The van der Waals surface area contributed by atoms with Crippen LogP contribution in [0.25, 0.3) is 11.4 Å². The molecule has 0 aromatic carbocycles. The number of hydrogen-bond acceptors (Lipinski definition) is 6. The highest BCUT2D eigenvalue weighted by Gasteiger charge is 2.10. The van der Waals surface area contributed by atoms with Crippen molar-refractivity contribution in [1.82, 2.24) is 15.5 Å². The normalized spacial score (nSPS) is 10.7. The number of aryl methyl sites for hydroxylation is 1. The molecule has 1 amide bonds. The lowest BCUT2D eigenvalue weighted by atomic mass is 10.2. The van der Waals surface area contributed by atoms with E-state index in [1.165, 1.54) is 0 Å². The summed E-state index contributed by atoms with van der Waals surface area (Å²) in [6.07, 6.45) is 2.65. The summed E-state index contributed by atoms with van der Waals surface area (Å²) in [5, 5.41) is 10.7. The molecule has 0 spiro atoms. The first kappa shape index (κ1) is 14.7. The van der Waals surface area contributed by atoms with Gasteiger partial charge in [-0.1, -0.05) is 5.16 Å². The Balaban J connectivity index is 1.73. The minimum atomic E-state index is -0.00250. The predicted octanol–water partition coefficient (Wildman–Crippen LogP) is 1.59. The number of hydrogen-bond donors (Lipinski definition) is 2. The lowest BCUT2D eigenvalue weighted by Gasteiger charge is -2.02. The first-order chi connectivity index (χ1) is 9.79. The second-order valence-electron chi connectivity index (χ2n) is 4.37. The fourth-order valence-electron chi connectivity index (χ4n) is 1.67. The van der Waals surface area contributed by atoms with Gasteiger partial charge in [-0.25, -0.2) is 0 Å². The summed E-state index contributed by atoms with van der Waals surface area (Å²) in [6, 6.07) is 1.93. The van der Waals surface area contributed by atoms with Crippen molar-refractivity contribution in [1.29, 1.82) is 0 Å². The number of rotatable bonds is 8. The van der Waals surface area contributed by atoms with E-state index in [4.69, 9.17) is 10.3 Å².